The highest BCUT2D eigenvalue weighted by Crippen LogP contribution is 2.27. The van der Waals surface area contributed by atoms with Gasteiger partial charge in [0.2, 0.25) is 15.9 Å². The number of carbonyl (C=O) groups is 1. The van der Waals surface area contributed by atoms with E-state index in [2.05, 4.69) is 11.9 Å². The number of hydrogen-bond acceptors (Lipinski definition) is 5. The topological polar surface area (TPSA) is 111 Å². The van der Waals surface area contributed by atoms with E-state index in [1.54, 1.807) is 18.0 Å². The Labute approximate surface area is 193 Å². The number of amides is 1. The number of furan rings is 1. The smallest absolute Gasteiger partial charge is 0.238 e. The fourth-order valence-corrected chi connectivity index (χ4v) is 4.54. The van der Waals surface area contributed by atoms with E-state index in [1.165, 1.54) is 12.1 Å². The Bertz CT molecular complexity index is 1390. The molecule has 8 nitrogen and oxygen atoms in total. The van der Waals surface area contributed by atoms with Gasteiger partial charge >= 0.3 is 0 Å². The van der Waals surface area contributed by atoms with Crippen molar-refractivity contribution in [1.29, 1.82) is 0 Å². The maximum absolute atomic E-state index is 13.0. The zero-order chi connectivity index (χ0) is 23.8. The molecule has 9 heteroatoms. The highest BCUT2D eigenvalue weighted by molar-refractivity contribution is 7.89. The number of hydrogen-bond donors (Lipinski definition) is 1. The molecule has 2 N–H and O–H groups in total. The predicted molar refractivity (Wildman–Crippen MR) is 127 cm³/mol. The van der Waals surface area contributed by atoms with Gasteiger partial charge in [0.1, 0.15) is 17.2 Å². The van der Waals surface area contributed by atoms with Crippen LogP contribution in [0.2, 0.25) is 0 Å². The van der Waals surface area contributed by atoms with Crippen molar-refractivity contribution in [2.24, 2.45) is 5.14 Å². The van der Waals surface area contributed by atoms with Crippen molar-refractivity contribution >= 4 is 37.9 Å². The van der Waals surface area contributed by atoms with Gasteiger partial charge in [-0.25, -0.2) is 18.5 Å². The normalized spacial score (nSPS) is 13.0. The minimum absolute atomic E-state index is 0.0247. The van der Waals surface area contributed by atoms with E-state index in [0.717, 1.165) is 41.0 Å². The lowest BCUT2D eigenvalue weighted by Crippen LogP contribution is -2.29. The summed E-state index contributed by atoms with van der Waals surface area (Å²) in [6.07, 6.45) is 1.60. The van der Waals surface area contributed by atoms with Crippen molar-refractivity contribution in [3.63, 3.8) is 0 Å². The molecule has 4 rings (SSSR count). The number of sulfonamides is 1. The number of para-hydroxylation sites is 1. The Morgan fingerprint density at radius 2 is 1.97 bits per heavy atom. The van der Waals surface area contributed by atoms with Crippen LogP contribution in [0.1, 0.15) is 44.3 Å². The zero-order valence-electron chi connectivity index (χ0n) is 19.0. The Balaban J connectivity index is 1.52. The average molecular weight is 469 g/mol. The Hall–Kier alpha value is -3.17. The summed E-state index contributed by atoms with van der Waals surface area (Å²) in [5.41, 5.74) is 2.18. The molecular weight excluding hydrogens is 440 g/mol. The van der Waals surface area contributed by atoms with Crippen molar-refractivity contribution in [2.75, 3.05) is 7.05 Å². The van der Waals surface area contributed by atoms with E-state index in [4.69, 9.17) is 9.56 Å². The summed E-state index contributed by atoms with van der Waals surface area (Å²) in [7, 11) is -2.04. The van der Waals surface area contributed by atoms with Crippen LogP contribution in [0.25, 0.3) is 22.0 Å². The van der Waals surface area contributed by atoms with Crippen molar-refractivity contribution in [2.45, 2.75) is 50.6 Å². The number of benzene rings is 2. The van der Waals surface area contributed by atoms with Crippen molar-refractivity contribution in [3.8, 4) is 0 Å². The highest BCUT2D eigenvalue weighted by Gasteiger charge is 2.22. The standard InChI is InChI=1S/C24H28N4O4S/c1-4-13-28-20-10-9-18(33(25,30)31)15-19(20)26-23(28)11-12-24(29)27(3)16(2)22-14-17-7-5-6-8-21(17)32-22/h5-10,14-16H,4,11-13H2,1-3H3,(H2,25,30,31). The average Bonchev–Trinajstić information content (AvgIpc) is 3.37. The number of imidazole rings is 1. The summed E-state index contributed by atoms with van der Waals surface area (Å²) in [5.74, 6) is 1.46. The zero-order valence-corrected chi connectivity index (χ0v) is 19.8. The monoisotopic (exact) mass is 468 g/mol. The second-order valence-corrected chi connectivity index (χ2v) is 9.80. The van der Waals surface area contributed by atoms with Crippen LogP contribution in [0.15, 0.2) is 57.8 Å². The molecule has 0 fully saturated rings. The first-order valence-electron chi connectivity index (χ1n) is 10.9. The van der Waals surface area contributed by atoms with Gasteiger partial charge in [-0.3, -0.25) is 4.79 Å². The van der Waals surface area contributed by atoms with Crippen molar-refractivity contribution in [3.05, 3.63) is 60.1 Å². The van der Waals surface area contributed by atoms with Gasteiger partial charge in [0, 0.05) is 31.8 Å². The van der Waals surface area contributed by atoms with Crippen LogP contribution in [-0.2, 0) is 27.8 Å². The minimum Gasteiger partial charge on any atom is -0.459 e. The number of carbonyl (C=O) groups excluding carboxylic acids is 1. The number of rotatable bonds is 8. The molecule has 1 unspecified atom stereocenters. The lowest BCUT2D eigenvalue weighted by Gasteiger charge is -2.23. The number of aryl methyl sites for hydroxylation is 2. The second-order valence-electron chi connectivity index (χ2n) is 8.24. The van der Waals surface area contributed by atoms with E-state index in [1.807, 2.05) is 41.8 Å². The molecule has 0 aliphatic rings. The largest absolute Gasteiger partial charge is 0.459 e. The first-order chi connectivity index (χ1) is 15.7. The molecule has 0 aliphatic heterocycles. The fourth-order valence-electron chi connectivity index (χ4n) is 4.01. The molecule has 33 heavy (non-hydrogen) atoms. The lowest BCUT2D eigenvalue weighted by atomic mass is 10.1. The van der Waals surface area contributed by atoms with E-state index < -0.39 is 10.0 Å². The third kappa shape index (κ3) is 4.65. The number of nitrogens with zero attached hydrogens (tertiary/aromatic N) is 3. The van der Waals surface area contributed by atoms with Gasteiger partial charge in [-0.15, -0.1) is 0 Å². The number of aromatic nitrogens is 2. The van der Waals surface area contributed by atoms with E-state index in [0.29, 0.717) is 11.9 Å². The summed E-state index contributed by atoms with van der Waals surface area (Å²) in [6.45, 7) is 4.72. The third-order valence-corrected chi connectivity index (χ3v) is 6.88. The van der Waals surface area contributed by atoms with Crippen LogP contribution in [0, 0.1) is 0 Å². The molecule has 0 saturated carbocycles. The molecule has 0 bridgehead atoms. The third-order valence-electron chi connectivity index (χ3n) is 5.97. The fraction of sp³-hybridized carbons (Fsp3) is 0.333. The first-order valence-corrected chi connectivity index (χ1v) is 12.5. The molecule has 4 aromatic rings. The first kappa shape index (κ1) is 23.0. The lowest BCUT2D eigenvalue weighted by molar-refractivity contribution is -0.132. The number of nitrogens with two attached hydrogens (primary N) is 1. The van der Waals surface area contributed by atoms with E-state index in [9.17, 15) is 13.2 Å². The molecule has 2 heterocycles. The van der Waals surface area contributed by atoms with Crippen molar-refractivity contribution in [1.82, 2.24) is 14.5 Å². The second kappa shape index (κ2) is 8.99. The van der Waals surface area contributed by atoms with Gasteiger partial charge in [0.15, 0.2) is 0 Å². The number of fused-ring (bicyclic) bond motifs is 2. The summed E-state index contributed by atoms with van der Waals surface area (Å²) in [4.78, 5) is 19.3. The molecule has 2 aromatic heterocycles. The number of primary sulfonamides is 1. The van der Waals surface area contributed by atoms with Gasteiger partial charge in [-0.1, -0.05) is 25.1 Å². The quantitative estimate of drug-likeness (QED) is 0.420. The summed E-state index contributed by atoms with van der Waals surface area (Å²) in [6, 6.07) is 14.2. The Morgan fingerprint density at radius 1 is 1.21 bits per heavy atom. The molecule has 0 saturated heterocycles. The van der Waals surface area contributed by atoms with Gasteiger partial charge in [-0.2, -0.15) is 0 Å². The highest BCUT2D eigenvalue weighted by atomic mass is 32.2. The minimum atomic E-state index is -3.81. The molecular formula is C24H28N4O4S. The van der Waals surface area contributed by atoms with Crippen LogP contribution in [0.3, 0.4) is 0 Å². The van der Waals surface area contributed by atoms with Gasteiger partial charge in [0.05, 0.1) is 22.0 Å². The van der Waals surface area contributed by atoms with Crippen LogP contribution in [0.4, 0.5) is 0 Å². The molecule has 0 radical (unpaired) electrons. The van der Waals surface area contributed by atoms with E-state index >= 15 is 0 Å². The van der Waals surface area contributed by atoms with Crippen LogP contribution < -0.4 is 5.14 Å². The molecule has 174 valence electrons. The van der Waals surface area contributed by atoms with Gasteiger partial charge < -0.3 is 13.9 Å². The summed E-state index contributed by atoms with van der Waals surface area (Å²) >= 11 is 0. The van der Waals surface area contributed by atoms with Crippen LogP contribution in [0.5, 0.6) is 0 Å². The maximum atomic E-state index is 13.0. The van der Waals surface area contributed by atoms with Gasteiger partial charge in [0.25, 0.3) is 0 Å². The van der Waals surface area contributed by atoms with E-state index in [-0.39, 0.29) is 23.3 Å². The summed E-state index contributed by atoms with van der Waals surface area (Å²) < 4.78 is 31.4. The Kier molecular flexibility index (Phi) is 6.27. The maximum Gasteiger partial charge on any atom is 0.238 e. The molecule has 2 aromatic carbocycles. The Morgan fingerprint density at radius 3 is 2.67 bits per heavy atom. The SMILES string of the molecule is CCCn1c(CCC(=O)N(C)C(C)c2cc3ccccc3o2)nc2cc(S(N)(=O)=O)ccc21. The molecule has 0 spiro atoms. The molecule has 0 aliphatic carbocycles. The van der Waals surface area contributed by atoms with Gasteiger partial charge in [-0.05, 0) is 43.7 Å². The van der Waals surface area contributed by atoms with Crippen LogP contribution in [-0.4, -0.2) is 35.8 Å². The van der Waals surface area contributed by atoms with Crippen molar-refractivity contribution < 1.29 is 17.6 Å². The predicted octanol–water partition coefficient (Wildman–Crippen LogP) is 3.99. The summed E-state index contributed by atoms with van der Waals surface area (Å²) in [5, 5.41) is 6.27. The van der Waals surface area contributed by atoms with Crippen LogP contribution >= 0.6 is 0 Å². The molecule has 1 amide bonds. The molecule has 1 atom stereocenters.